The van der Waals surface area contributed by atoms with Crippen LogP contribution in [0.4, 0.5) is 0 Å². The van der Waals surface area contributed by atoms with Crippen LogP contribution in [0.15, 0.2) is 70.7 Å². The number of aromatic nitrogens is 1. The Balaban J connectivity index is 1.85. The van der Waals surface area contributed by atoms with Gasteiger partial charge in [-0.1, -0.05) is 48.2 Å². The Hall–Kier alpha value is -1.84. The highest BCUT2D eigenvalue weighted by molar-refractivity contribution is 7.99. The zero-order valence-corrected chi connectivity index (χ0v) is 12.1. The highest BCUT2D eigenvalue weighted by Crippen LogP contribution is 2.29. The third-order valence-corrected chi connectivity index (χ3v) is 4.17. The fourth-order valence-electron chi connectivity index (χ4n) is 2.07. The van der Waals surface area contributed by atoms with Gasteiger partial charge in [-0.15, -0.1) is 0 Å². The second-order valence-corrected chi connectivity index (χ2v) is 5.92. The van der Waals surface area contributed by atoms with Crippen molar-refractivity contribution in [1.29, 1.82) is 0 Å². The molecule has 2 nitrogen and oxygen atoms in total. The molecule has 0 aliphatic carbocycles. The van der Waals surface area contributed by atoms with E-state index >= 15 is 0 Å². The quantitative estimate of drug-likeness (QED) is 0.772. The molecule has 0 aliphatic rings. The van der Waals surface area contributed by atoms with Crippen LogP contribution in [0.25, 0.3) is 10.8 Å². The minimum Gasteiger partial charge on any atom is -0.324 e. The van der Waals surface area contributed by atoms with Crippen LogP contribution in [0, 0.1) is 0 Å². The number of hydrogen-bond donors (Lipinski definition) is 1. The molecule has 3 aromatic rings. The molecule has 0 spiro atoms. The molecule has 0 saturated heterocycles. The van der Waals surface area contributed by atoms with Crippen LogP contribution in [0.5, 0.6) is 0 Å². The van der Waals surface area contributed by atoms with Gasteiger partial charge in [0.15, 0.2) is 0 Å². The van der Waals surface area contributed by atoms with Crippen molar-refractivity contribution in [2.24, 2.45) is 5.73 Å². The van der Waals surface area contributed by atoms with Crippen molar-refractivity contribution in [1.82, 2.24) is 4.98 Å². The van der Waals surface area contributed by atoms with Gasteiger partial charge in [-0.25, -0.2) is 4.98 Å². The molecule has 1 atom stereocenters. The van der Waals surface area contributed by atoms with Gasteiger partial charge >= 0.3 is 0 Å². The highest BCUT2D eigenvalue weighted by Gasteiger charge is 2.03. The lowest BCUT2D eigenvalue weighted by Gasteiger charge is -2.06. The van der Waals surface area contributed by atoms with Gasteiger partial charge in [0.2, 0.25) is 0 Å². The van der Waals surface area contributed by atoms with Crippen LogP contribution < -0.4 is 5.73 Å². The maximum atomic E-state index is 5.83. The number of fused-ring (bicyclic) bond motifs is 1. The number of nitrogens with zero attached hydrogens (tertiary/aromatic N) is 1. The molecule has 3 heteroatoms. The van der Waals surface area contributed by atoms with Crippen molar-refractivity contribution in [2.75, 3.05) is 0 Å². The van der Waals surface area contributed by atoms with E-state index in [-0.39, 0.29) is 6.04 Å². The molecule has 1 aromatic heterocycles. The number of benzene rings is 2. The number of hydrogen-bond acceptors (Lipinski definition) is 3. The van der Waals surface area contributed by atoms with Gasteiger partial charge in [-0.2, -0.15) is 0 Å². The largest absolute Gasteiger partial charge is 0.324 e. The predicted molar refractivity (Wildman–Crippen MR) is 84.9 cm³/mol. The Morgan fingerprint density at radius 3 is 2.50 bits per heavy atom. The fraction of sp³-hybridized carbons (Fsp3) is 0.118. The molecular weight excluding hydrogens is 264 g/mol. The average Bonchev–Trinajstić information content (AvgIpc) is 2.48. The summed E-state index contributed by atoms with van der Waals surface area (Å²) in [4.78, 5) is 5.66. The molecule has 0 bridgehead atoms. The maximum absolute atomic E-state index is 5.83. The first kappa shape index (κ1) is 13.2. The van der Waals surface area contributed by atoms with Crippen LogP contribution in [0.3, 0.4) is 0 Å². The van der Waals surface area contributed by atoms with Crippen LogP contribution in [0.2, 0.25) is 0 Å². The summed E-state index contributed by atoms with van der Waals surface area (Å²) >= 11 is 1.67. The summed E-state index contributed by atoms with van der Waals surface area (Å²) in [6, 6.07) is 19.0. The van der Waals surface area contributed by atoms with Crippen molar-refractivity contribution in [3.8, 4) is 0 Å². The van der Waals surface area contributed by atoms with E-state index in [0.29, 0.717) is 0 Å². The predicted octanol–water partition coefficient (Wildman–Crippen LogP) is 4.41. The molecule has 0 amide bonds. The van der Waals surface area contributed by atoms with E-state index in [9.17, 15) is 0 Å². The average molecular weight is 280 g/mol. The minimum atomic E-state index is 0.0298. The van der Waals surface area contributed by atoms with Crippen LogP contribution in [-0.2, 0) is 0 Å². The van der Waals surface area contributed by atoms with Gasteiger partial charge in [-0.3, -0.25) is 0 Å². The first-order valence-corrected chi connectivity index (χ1v) is 7.42. The molecule has 20 heavy (non-hydrogen) atoms. The summed E-state index contributed by atoms with van der Waals surface area (Å²) in [6.07, 6.45) is 1.86. The lowest BCUT2D eigenvalue weighted by Crippen LogP contribution is -2.04. The molecular formula is C17H16N2S. The first-order chi connectivity index (χ1) is 9.72. The minimum absolute atomic E-state index is 0.0298. The lowest BCUT2D eigenvalue weighted by molar-refractivity contribution is 0.806. The summed E-state index contributed by atoms with van der Waals surface area (Å²) in [5, 5.41) is 3.51. The van der Waals surface area contributed by atoms with Crippen molar-refractivity contribution in [3.63, 3.8) is 0 Å². The molecule has 1 heterocycles. The zero-order valence-electron chi connectivity index (χ0n) is 11.3. The Morgan fingerprint density at radius 2 is 1.80 bits per heavy atom. The summed E-state index contributed by atoms with van der Waals surface area (Å²) < 4.78 is 0. The van der Waals surface area contributed by atoms with Crippen molar-refractivity contribution in [3.05, 3.63) is 66.4 Å². The molecule has 0 saturated carbocycles. The van der Waals surface area contributed by atoms with Gasteiger partial charge in [0, 0.05) is 17.1 Å². The van der Waals surface area contributed by atoms with Crippen LogP contribution in [0.1, 0.15) is 18.5 Å². The van der Waals surface area contributed by atoms with E-state index in [1.807, 2.05) is 25.3 Å². The zero-order chi connectivity index (χ0) is 13.9. The Kier molecular flexibility index (Phi) is 3.72. The van der Waals surface area contributed by atoms with E-state index in [4.69, 9.17) is 5.73 Å². The molecule has 0 aliphatic heterocycles. The van der Waals surface area contributed by atoms with Gasteiger partial charge in [0.25, 0.3) is 0 Å². The normalized spacial score (nSPS) is 12.5. The van der Waals surface area contributed by atoms with Gasteiger partial charge in [0.1, 0.15) is 5.03 Å². The second-order valence-electron chi connectivity index (χ2n) is 4.83. The van der Waals surface area contributed by atoms with Crippen molar-refractivity contribution < 1.29 is 0 Å². The number of nitrogens with two attached hydrogens (primary N) is 1. The van der Waals surface area contributed by atoms with E-state index in [1.165, 1.54) is 15.7 Å². The molecule has 3 rings (SSSR count). The summed E-state index contributed by atoms with van der Waals surface area (Å²) in [5.74, 6) is 0. The van der Waals surface area contributed by atoms with Crippen molar-refractivity contribution >= 4 is 22.5 Å². The van der Waals surface area contributed by atoms with Crippen LogP contribution >= 0.6 is 11.8 Å². The maximum Gasteiger partial charge on any atom is 0.101 e. The van der Waals surface area contributed by atoms with Gasteiger partial charge in [0.05, 0.1) is 0 Å². The standard InChI is InChI=1S/C17H16N2S/c1-12(18)15-7-9-17(19-11-15)20-16-8-6-13-4-2-3-5-14(13)10-16/h2-12H,18H2,1H3. The second kappa shape index (κ2) is 5.65. The van der Waals surface area contributed by atoms with Gasteiger partial charge < -0.3 is 5.73 Å². The third kappa shape index (κ3) is 2.84. The van der Waals surface area contributed by atoms with E-state index in [1.54, 1.807) is 11.8 Å². The lowest BCUT2D eigenvalue weighted by atomic mass is 10.1. The first-order valence-electron chi connectivity index (χ1n) is 6.60. The summed E-state index contributed by atoms with van der Waals surface area (Å²) in [7, 11) is 0. The summed E-state index contributed by atoms with van der Waals surface area (Å²) in [5.41, 5.74) is 6.89. The molecule has 100 valence electrons. The van der Waals surface area contributed by atoms with E-state index < -0.39 is 0 Å². The third-order valence-electron chi connectivity index (χ3n) is 3.23. The molecule has 2 N–H and O–H groups in total. The Morgan fingerprint density at radius 1 is 1.00 bits per heavy atom. The molecule has 1 unspecified atom stereocenters. The van der Waals surface area contributed by atoms with Gasteiger partial charge in [-0.05, 0) is 41.5 Å². The highest BCUT2D eigenvalue weighted by atomic mass is 32.2. The Labute approximate surface area is 123 Å². The van der Waals surface area contributed by atoms with Crippen LogP contribution in [-0.4, -0.2) is 4.98 Å². The van der Waals surface area contributed by atoms with Crippen molar-refractivity contribution in [2.45, 2.75) is 22.9 Å². The van der Waals surface area contributed by atoms with E-state index in [2.05, 4.69) is 47.4 Å². The Bertz CT molecular complexity index is 720. The molecule has 0 fully saturated rings. The van der Waals surface area contributed by atoms with E-state index in [0.717, 1.165) is 10.6 Å². The SMILES string of the molecule is CC(N)c1ccc(Sc2ccc3ccccc3c2)nc1. The fourth-order valence-corrected chi connectivity index (χ4v) is 2.88. The molecule has 2 aromatic carbocycles. The topological polar surface area (TPSA) is 38.9 Å². The number of rotatable bonds is 3. The summed E-state index contributed by atoms with van der Waals surface area (Å²) in [6.45, 7) is 1.97. The monoisotopic (exact) mass is 280 g/mol. The smallest absolute Gasteiger partial charge is 0.101 e. The number of pyridine rings is 1. The molecule has 0 radical (unpaired) electrons.